The van der Waals surface area contributed by atoms with E-state index in [1.807, 2.05) is 25.1 Å². The van der Waals surface area contributed by atoms with Crippen LogP contribution in [0.15, 0.2) is 18.2 Å². The monoisotopic (exact) mass is 422 g/mol. The van der Waals surface area contributed by atoms with Gasteiger partial charge < -0.3 is 29.2 Å². The predicted molar refractivity (Wildman–Crippen MR) is 108 cm³/mol. The van der Waals surface area contributed by atoms with Crippen molar-refractivity contribution in [2.75, 3.05) is 32.9 Å². The summed E-state index contributed by atoms with van der Waals surface area (Å²) in [6, 6.07) is 5.54. The fourth-order valence-electron chi connectivity index (χ4n) is 2.67. The van der Waals surface area contributed by atoms with Crippen LogP contribution < -0.4 is 14.8 Å². The quantitative estimate of drug-likeness (QED) is 0.641. The average Bonchev–Trinajstić information content (AvgIpc) is 2.68. The van der Waals surface area contributed by atoms with Crippen LogP contribution in [0.4, 0.5) is 4.79 Å². The summed E-state index contributed by atoms with van der Waals surface area (Å²) in [7, 11) is 0. The number of carbonyl (C=O) groups is 3. The lowest BCUT2D eigenvalue weighted by Gasteiger charge is -2.23. The highest BCUT2D eigenvalue weighted by Gasteiger charge is 2.18. The Hall–Kier alpha value is -2.97. The van der Waals surface area contributed by atoms with Crippen LogP contribution in [-0.4, -0.2) is 61.4 Å². The molecule has 0 fully saturated rings. The van der Waals surface area contributed by atoms with Crippen LogP contribution in [0.25, 0.3) is 0 Å². The molecule has 166 valence electrons. The highest BCUT2D eigenvalue weighted by molar-refractivity contribution is 5.81. The van der Waals surface area contributed by atoms with E-state index in [1.54, 1.807) is 25.7 Å². The second-order valence-electron chi connectivity index (χ2n) is 7.73. The minimum Gasteiger partial charge on any atom is -0.486 e. The molecule has 1 heterocycles. The van der Waals surface area contributed by atoms with E-state index in [9.17, 15) is 14.4 Å². The molecule has 0 unspecified atom stereocenters. The van der Waals surface area contributed by atoms with Gasteiger partial charge in [-0.25, -0.2) is 4.79 Å². The highest BCUT2D eigenvalue weighted by Crippen LogP contribution is 2.31. The molecule has 9 heteroatoms. The van der Waals surface area contributed by atoms with E-state index in [-0.39, 0.29) is 25.5 Å². The van der Waals surface area contributed by atoms with Gasteiger partial charge >= 0.3 is 12.1 Å². The topological polar surface area (TPSA) is 103 Å². The number of nitrogens with one attached hydrogen (secondary N) is 1. The normalized spacial score (nSPS) is 12.7. The number of amides is 2. The number of ether oxygens (including phenoxy) is 4. The lowest BCUT2D eigenvalue weighted by molar-refractivity contribution is -0.152. The number of rotatable bonds is 8. The number of fused-ring (bicyclic) bond motifs is 1. The van der Waals surface area contributed by atoms with Crippen molar-refractivity contribution in [2.45, 2.75) is 46.3 Å². The van der Waals surface area contributed by atoms with Gasteiger partial charge in [-0.2, -0.15) is 0 Å². The number of carbonyl (C=O) groups excluding carboxylic acids is 3. The van der Waals surface area contributed by atoms with Gasteiger partial charge in [0.2, 0.25) is 0 Å². The van der Waals surface area contributed by atoms with Gasteiger partial charge in [0.1, 0.15) is 18.8 Å². The van der Waals surface area contributed by atoms with E-state index < -0.39 is 17.7 Å². The van der Waals surface area contributed by atoms with Gasteiger partial charge in [-0.1, -0.05) is 6.07 Å². The van der Waals surface area contributed by atoms with Crippen LogP contribution in [0.3, 0.4) is 0 Å². The van der Waals surface area contributed by atoms with E-state index in [0.717, 1.165) is 5.56 Å². The summed E-state index contributed by atoms with van der Waals surface area (Å²) in [5.74, 6) is 0.468. The molecule has 0 saturated heterocycles. The lowest BCUT2D eigenvalue weighted by Crippen LogP contribution is -2.35. The first-order chi connectivity index (χ1) is 14.2. The summed E-state index contributed by atoms with van der Waals surface area (Å²) in [6.07, 6.45) is -0.663. The van der Waals surface area contributed by atoms with Crippen molar-refractivity contribution in [2.24, 2.45) is 0 Å². The maximum absolute atomic E-state index is 12.4. The summed E-state index contributed by atoms with van der Waals surface area (Å²) in [5.41, 5.74) is 0.278. The number of esters is 1. The molecule has 0 aliphatic carbocycles. The van der Waals surface area contributed by atoms with Crippen LogP contribution in [0.1, 0.15) is 39.7 Å². The zero-order valence-electron chi connectivity index (χ0n) is 18.0. The highest BCUT2D eigenvalue weighted by atomic mass is 16.6. The molecule has 0 spiro atoms. The molecule has 0 radical (unpaired) electrons. The Balaban J connectivity index is 1.74. The minimum absolute atomic E-state index is 0.0548. The first-order valence-corrected chi connectivity index (χ1v) is 9.96. The number of hydrogen-bond donors (Lipinski definition) is 1. The number of alkyl carbamates (subject to hydrolysis) is 1. The molecule has 0 saturated carbocycles. The van der Waals surface area contributed by atoms with Crippen molar-refractivity contribution >= 4 is 18.0 Å². The molecule has 1 aromatic carbocycles. The fourth-order valence-corrected chi connectivity index (χ4v) is 2.67. The Labute approximate surface area is 176 Å². The maximum atomic E-state index is 12.4. The molecule has 1 N–H and O–H groups in total. The van der Waals surface area contributed by atoms with E-state index >= 15 is 0 Å². The second kappa shape index (κ2) is 10.7. The smallest absolute Gasteiger partial charge is 0.407 e. The predicted octanol–water partition coefficient (Wildman–Crippen LogP) is 2.26. The standard InChI is InChI=1S/C21H30N2O7/c1-5-23(13-15-6-7-16-17(12-15)28-11-10-27-16)18(24)14-29-19(25)8-9-22-20(26)30-21(2,3)4/h6-7,12H,5,8-11,13-14H2,1-4H3,(H,22,26). The minimum atomic E-state index is -0.613. The molecular weight excluding hydrogens is 392 g/mol. The maximum Gasteiger partial charge on any atom is 0.407 e. The number of hydrogen-bond acceptors (Lipinski definition) is 7. The van der Waals surface area contributed by atoms with Crippen molar-refractivity contribution < 1.29 is 33.3 Å². The Kier molecular flexibility index (Phi) is 8.32. The van der Waals surface area contributed by atoms with Gasteiger partial charge in [-0.05, 0) is 45.4 Å². The van der Waals surface area contributed by atoms with Crippen LogP contribution in [0, 0.1) is 0 Å². The zero-order valence-corrected chi connectivity index (χ0v) is 18.0. The van der Waals surface area contributed by atoms with Crippen LogP contribution >= 0.6 is 0 Å². The van der Waals surface area contributed by atoms with Crippen molar-refractivity contribution in [1.29, 1.82) is 0 Å². The Morgan fingerprint density at radius 2 is 1.83 bits per heavy atom. The van der Waals surface area contributed by atoms with Crippen molar-refractivity contribution in [1.82, 2.24) is 10.2 Å². The van der Waals surface area contributed by atoms with Crippen LogP contribution in [-0.2, 0) is 25.6 Å². The van der Waals surface area contributed by atoms with E-state index in [0.29, 0.717) is 37.8 Å². The van der Waals surface area contributed by atoms with Gasteiger partial charge in [-0.15, -0.1) is 0 Å². The Morgan fingerprint density at radius 1 is 1.13 bits per heavy atom. The fraction of sp³-hybridized carbons (Fsp3) is 0.571. The van der Waals surface area contributed by atoms with Gasteiger partial charge in [0.15, 0.2) is 18.1 Å². The summed E-state index contributed by atoms with van der Waals surface area (Å²) in [4.78, 5) is 37.4. The van der Waals surface area contributed by atoms with E-state index in [2.05, 4.69) is 5.32 Å². The molecular formula is C21H30N2O7. The molecule has 0 atom stereocenters. The van der Waals surface area contributed by atoms with Crippen molar-refractivity contribution in [3.63, 3.8) is 0 Å². The lowest BCUT2D eigenvalue weighted by atomic mass is 10.1. The zero-order chi connectivity index (χ0) is 22.1. The van der Waals surface area contributed by atoms with Gasteiger partial charge in [0.25, 0.3) is 5.91 Å². The molecule has 9 nitrogen and oxygen atoms in total. The first-order valence-electron chi connectivity index (χ1n) is 9.96. The molecule has 0 bridgehead atoms. The number of likely N-dealkylation sites (N-methyl/N-ethyl adjacent to an activating group) is 1. The summed E-state index contributed by atoms with van der Waals surface area (Å²) in [6.45, 7) is 8.64. The Morgan fingerprint density at radius 3 is 2.50 bits per heavy atom. The van der Waals surface area contributed by atoms with Crippen LogP contribution in [0.2, 0.25) is 0 Å². The van der Waals surface area contributed by atoms with Gasteiger partial charge in [0.05, 0.1) is 6.42 Å². The molecule has 1 aromatic rings. The molecule has 1 aliphatic heterocycles. The third kappa shape index (κ3) is 7.81. The third-order valence-electron chi connectivity index (χ3n) is 4.07. The largest absolute Gasteiger partial charge is 0.486 e. The molecule has 30 heavy (non-hydrogen) atoms. The van der Waals surface area contributed by atoms with Gasteiger partial charge in [0, 0.05) is 19.6 Å². The summed E-state index contributed by atoms with van der Waals surface area (Å²) < 4.78 is 21.2. The second-order valence-corrected chi connectivity index (χ2v) is 7.73. The molecule has 2 rings (SSSR count). The first kappa shape index (κ1) is 23.3. The molecule has 2 amide bonds. The van der Waals surface area contributed by atoms with E-state index in [1.165, 1.54) is 0 Å². The molecule has 1 aliphatic rings. The number of nitrogens with zero attached hydrogens (tertiary/aromatic N) is 1. The van der Waals surface area contributed by atoms with E-state index in [4.69, 9.17) is 18.9 Å². The summed E-state index contributed by atoms with van der Waals surface area (Å²) >= 11 is 0. The Bertz CT molecular complexity index is 758. The van der Waals surface area contributed by atoms with Crippen molar-refractivity contribution in [3.8, 4) is 11.5 Å². The van der Waals surface area contributed by atoms with Gasteiger partial charge in [-0.3, -0.25) is 9.59 Å². The summed E-state index contributed by atoms with van der Waals surface area (Å²) in [5, 5.41) is 2.47. The number of benzene rings is 1. The van der Waals surface area contributed by atoms with Crippen molar-refractivity contribution in [3.05, 3.63) is 23.8 Å². The average molecular weight is 422 g/mol. The van der Waals surface area contributed by atoms with Crippen LogP contribution in [0.5, 0.6) is 11.5 Å². The third-order valence-corrected chi connectivity index (χ3v) is 4.07. The molecule has 0 aromatic heterocycles. The SMILES string of the molecule is CCN(Cc1ccc2c(c1)OCCO2)C(=O)COC(=O)CCNC(=O)OC(C)(C)C.